The van der Waals surface area contributed by atoms with Crippen molar-refractivity contribution in [2.75, 3.05) is 5.32 Å². The molecule has 0 spiro atoms. The van der Waals surface area contributed by atoms with E-state index < -0.39 is 5.91 Å². The highest BCUT2D eigenvalue weighted by molar-refractivity contribution is 6.03. The first-order valence-electron chi connectivity index (χ1n) is 10.5. The van der Waals surface area contributed by atoms with Crippen LogP contribution in [0.5, 0.6) is 0 Å². The largest absolute Gasteiger partial charge is 0.349 e. The zero-order valence-corrected chi connectivity index (χ0v) is 17.2. The molecule has 2 amide bonds. The van der Waals surface area contributed by atoms with Crippen LogP contribution in [-0.4, -0.2) is 32.6 Å². The number of carbonyl (C=O) groups is 2. The van der Waals surface area contributed by atoms with E-state index in [1.54, 1.807) is 28.9 Å². The van der Waals surface area contributed by atoms with Crippen LogP contribution in [0.15, 0.2) is 84.9 Å². The maximum atomic E-state index is 13.0. The summed E-state index contributed by atoms with van der Waals surface area (Å²) in [5.74, 6) is 0.0260. The van der Waals surface area contributed by atoms with Crippen LogP contribution in [0.4, 0.5) is 5.69 Å². The highest BCUT2D eigenvalue weighted by Crippen LogP contribution is 2.22. The van der Waals surface area contributed by atoms with Crippen molar-refractivity contribution >= 4 is 17.5 Å². The summed E-state index contributed by atoms with van der Waals surface area (Å²) in [6.07, 6.45) is 2.03. The van der Waals surface area contributed by atoms with E-state index in [0.29, 0.717) is 17.1 Å². The third kappa shape index (κ3) is 4.27. The van der Waals surface area contributed by atoms with Gasteiger partial charge in [-0.2, -0.15) is 0 Å². The lowest BCUT2D eigenvalue weighted by molar-refractivity contribution is 0.0949. The first-order valence-corrected chi connectivity index (χ1v) is 10.5. The number of benzene rings is 3. The Morgan fingerprint density at radius 2 is 1.56 bits per heavy atom. The van der Waals surface area contributed by atoms with Crippen molar-refractivity contribution in [2.24, 2.45) is 0 Å². The first-order chi connectivity index (χ1) is 15.7. The molecule has 32 heavy (non-hydrogen) atoms. The molecule has 7 heteroatoms. The summed E-state index contributed by atoms with van der Waals surface area (Å²) < 4.78 is 1.66. The molecule has 0 atom stereocenters. The molecule has 0 unspecified atom stereocenters. The normalized spacial score (nSPS) is 12.9. The summed E-state index contributed by atoms with van der Waals surface area (Å²) in [6, 6.07) is 26.3. The molecule has 1 fully saturated rings. The predicted molar refractivity (Wildman–Crippen MR) is 122 cm³/mol. The minimum atomic E-state index is -0.448. The number of nitrogens with zero attached hydrogens (tertiary/aromatic N) is 3. The van der Waals surface area contributed by atoms with E-state index in [-0.39, 0.29) is 17.8 Å². The highest BCUT2D eigenvalue weighted by Gasteiger charge is 2.24. The Hall–Kier alpha value is -4.26. The van der Waals surface area contributed by atoms with Gasteiger partial charge in [0.05, 0.1) is 5.69 Å². The Balaban J connectivity index is 1.43. The van der Waals surface area contributed by atoms with Crippen LogP contribution in [0, 0.1) is 0 Å². The van der Waals surface area contributed by atoms with E-state index >= 15 is 0 Å². The molecule has 0 aliphatic heterocycles. The van der Waals surface area contributed by atoms with E-state index in [1.165, 1.54) is 0 Å². The fourth-order valence-electron chi connectivity index (χ4n) is 3.35. The van der Waals surface area contributed by atoms with E-state index in [2.05, 4.69) is 20.7 Å². The summed E-state index contributed by atoms with van der Waals surface area (Å²) in [4.78, 5) is 29.8. The summed E-state index contributed by atoms with van der Waals surface area (Å²) in [5.41, 5.74) is 2.66. The number of aromatic nitrogens is 3. The highest BCUT2D eigenvalue weighted by atomic mass is 16.2. The Bertz CT molecular complexity index is 1210. The Morgan fingerprint density at radius 1 is 0.844 bits per heavy atom. The van der Waals surface area contributed by atoms with Crippen molar-refractivity contribution in [3.8, 4) is 17.1 Å². The Labute approximate surface area is 185 Å². The summed E-state index contributed by atoms with van der Waals surface area (Å²) in [5, 5.41) is 10.2. The van der Waals surface area contributed by atoms with Crippen LogP contribution in [0.3, 0.4) is 0 Å². The molecule has 4 aromatic rings. The van der Waals surface area contributed by atoms with Crippen molar-refractivity contribution in [3.05, 3.63) is 96.3 Å². The zero-order chi connectivity index (χ0) is 21.9. The molecule has 2 N–H and O–H groups in total. The van der Waals surface area contributed by atoms with E-state index in [1.807, 2.05) is 60.7 Å². The van der Waals surface area contributed by atoms with Crippen molar-refractivity contribution < 1.29 is 9.59 Å². The molecule has 0 bridgehead atoms. The number of hydrogen-bond acceptors (Lipinski definition) is 4. The monoisotopic (exact) mass is 423 g/mol. The quantitative estimate of drug-likeness (QED) is 0.489. The molecular formula is C25H21N5O2. The van der Waals surface area contributed by atoms with Crippen LogP contribution in [-0.2, 0) is 0 Å². The third-order valence-electron chi connectivity index (χ3n) is 5.14. The Morgan fingerprint density at radius 3 is 2.28 bits per heavy atom. The second kappa shape index (κ2) is 8.47. The molecule has 1 aliphatic rings. The number of rotatable bonds is 6. The smallest absolute Gasteiger partial charge is 0.295 e. The predicted octanol–water partition coefficient (Wildman–Crippen LogP) is 4.08. The van der Waals surface area contributed by atoms with Gasteiger partial charge in [0, 0.05) is 22.9 Å². The van der Waals surface area contributed by atoms with Crippen LogP contribution < -0.4 is 10.6 Å². The number of nitrogens with one attached hydrogen (secondary N) is 2. The van der Waals surface area contributed by atoms with Gasteiger partial charge < -0.3 is 10.6 Å². The Kier molecular flexibility index (Phi) is 5.21. The molecule has 1 aliphatic carbocycles. The van der Waals surface area contributed by atoms with E-state index in [4.69, 9.17) is 0 Å². The van der Waals surface area contributed by atoms with Gasteiger partial charge in [0.1, 0.15) is 0 Å². The molecule has 158 valence electrons. The number of para-hydroxylation sites is 1. The molecular weight excluding hydrogens is 402 g/mol. The third-order valence-corrected chi connectivity index (χ3v) is 5.14. The molecule has 1 heterocycles. The molecule has 0 saturated heterocycles. The van der Waals surface area contributed by atoms with Gasteiger partial charge in [-0.3, -0.25) is 9.59 Å². The average Bonchev–Trinajstić information content (AvgIpc) is 3.53. The summed E-state index contributed by atoms with van der Waals surface area (Å²) in [7, 11) is 0. The molecule has 0 radical (unpaired) electrons. The molecule has 5 rings (SSSR count). The second-order valence-corrected chi connectivity index (χ2v) is 7.66. The zero-order valence-electron chi connectivity index (χ0n) is 17.2. The maximum absolute atomic E-state index is 13.0. The number of anilines is 1. The minimum absolute atomic E-state index is 0.0422. The van der Waals surface area contributed by atoms with E-state index in [9.17, 15) is 9.59 Å². The second-order valence-electron chi connectivity index (χ2n) is 7.66. The SMILES string of the molecule is O=C(NC1CC1)c1cccc(NC(=O)c2nc(-c3ccccc3)n(-c3ccccc3)n2)c1. The fourth-order valence-corrected chi connectivity index (χ4v) is 3.35. The van der Waals surface area contributed by atoms with Crippen LogP contribution in [0.1, 0.15) is 33.8 Å². The van der Waals surface area contributed by atoms with E-state index in [0.717, 1.165) is 24.1 Å². The van der Waals surface area contributed by atoms with Gasteiger partial charge in [0.2, 0.25) is 5.82 Å². The number of carbonyl (C=O) groups excluding carboxylic acids is 2. The molecule has 3 aromatic carbocycles. The van der Waals surface area contributed by atoms with Gasteiger partial charge in [-0.1, -0.05) is 54.6 Å². The lowest BCUT2D eigenvalue weighted by atomic mass is 10.2. The van der Waals surface area contributed by atoms with Gasteiger partial charge in [-0.25, -0.2) is 9.67 Å². The first kappa shape index (κ1) is 19.7. The topological polar surface area (TPSA) is 88.9 Å². The lowest BCUT2D eigenvalue weighted by Gasteiger charge is -2.06. The van der Waals surface area contributed by atoms with Gasteiger partial charge in [0.25, 0.3) is 11.8 Å². The minimum Gasteiger partial charge on any atom is -0.349 e. The number of amides is 2. The molecule has 1 saturated carbocycles. The molecule has 1 aromatic heterocycles. The standard InChI is InChI=1S/C25H21N5O2/c31-24(26-19-14-15-19)18-10-7-11-20(16-18)27-25(32)22-28-23(17-8-3-1-4-9-17)30(29-22)21-12-5-2-6-13-21/h1-13,16,19H,14-15H2,(H,26,31)(H,27,32). The fraction of sp³-hybridized carbons (Fsp3) is 0.120. The van der Waals surface area contributed by atoms with Gasteiger partial charge in [-0.05, 0) is 43.2 Å². The van der Waals surface area contributed by atoms with Crippen LogP contribution in [0.25, 0.3) is 17.1 Å². The maximum Gasteiger partial charge on any atom is 0.295 e. The van der Waals surface area contributed by atoms with Crippen molar-refractivity contribution in [2.45, 2.75) is 18.9 Å². The lowest BCUT2D eigenvalue weighted by Crippen LogP contribution is -2.25. The number of hydrogen-bond donors (Lipinski definition) is 2. The van der Waals surface area contributed by atoms with Crippen LogP contribution >= 0.6 is 0 Å². The summed E-state index contributed by atoms with van der Waals surface area (Å²) >= 11 is 0. The van der Waals surface area contributed by atoms with Crippen molar-refractivity contribution in [3.63, 3.8) is 0 Å². The van der Waals surface area contributed by atoms with Crippen LogP contribution in [0.2, 0.25) is 0 Å². The van der Waals surface area contributed by atoms with Gasteiger partial charge >= 0.3 is 0 Å². The van der Waals surface area contributed by atoms with Crippen molar-refractivity contribution in [1.29, 1.82) is 0 Å². The summed E-state index contributed by atoms with van der Waals surface area (Å²) in [6.45, 7) is 0. The average molecular weight is 423 g/mol. The molecule has 7 nitrogen and oxygen atoms in total. The van der Waals surface area contributed by atoms with Gasteiger partial charge in [-0.15, -0.1) is 5.10 Å². The van der Waals surface area contributed by atoms with Crippen molar-refractivity contribution in [1.82, 2.24) is 20.1 Å². The van der Waals surface area contributed by atoms with Gasteiger partial charge in [0.15, 0.2) is 5.82 Å².